The number of hydrogen-bond acceptors (Lipinski definition) is 4. The molecule has 2 aromatic rings. The Balaban J connectivity index is 1.56. The van der Waals surface area contributed by atoms with Crippen LogP contribution in [0.5, 0.6) is 0 Å². The monoisotopic (exact) mass is 329 g/mol. The van der Waals surface area contributed by atoms with Crippen molar-refractivity contribution in [3.05, 3.63) is 36.2 Å². The highest BCUT2D eigenvalue weighted by molar-refractivity contribution is 5.74. The standard InChI is InChI=1S/C17H23N5O2/c1-17(10-23)7-3-6-14(17)21-16(24)18-9-12-4-2-5-13(8-12)15-19-11-20-22-15/h2,4-5,8,11,14,23H,3,6-7,9-10H2,1H3,(H2,18,21,24)(H,19,20,22). The van der Waals surface area contributed by atoms with Crippen molar-refractivity contribution in [2.24, 2.45) is 5.41 Å². The fraction of sp³-hybridized carbons (Fsp3) is 0.471. The summed E-state index contributed by atoms with van der Waals surface area (Å²) in [4.78, 5) is 16.3. The van der Waals surface area contributed by atoms with E-state index in [1.54, 1.807) is 0 Å². The summed E-state index contributed by atoms with van der Waals surface area (Å²) in [6.45, 7) is 2.54. The molecule has 1 aromatic heterocycles. The number of aromatic nitrogens is 3. The van der Waals surface area contributed by atoms with Crippen LogP contribution in [-0.2, 0) is 6.54 Å². The van der Waals surface area contributed by atoms with Crippen LogP contribution in [0.15, 0.2) is 30.6 Å². The Labute approximate surface area is 140 Å². The highest BCUT2D eigenvalue weighted by Crippen LogP contribution is 2.37. The van der Waals surface area contributed by atoms with Crippen molar-refractivity contribution in [3.8, 4) is 11.4 Å². The smallest absolute Gasteiger partial charge is 0.315 e. The van der Waals surface area contributed by atoms with Crippen molar-refractivity contribution >= 4 is 6.03 Å². The van der Waals surface area contributed by atoms with Crippen LogP contribution in [0.3, 0.4) is 0 Å². The van der Waals surface area contributed by atoms with Gasteiger partial charge >= 0.3 is 6.03 Å². The second-order valence-corrected chi connectivity index (χ2v) is 6.62. The number of urea groups is 1. The molecular weight excluding hydrogens is 306 g/mol. The first-order valence-corrected chi connectivity index (χ1v) is 8.21. The second kappa shape index (κ2) is 7.00. The molecule has 0 bridgehead atoms. The van der Waals surface area contributed by atoms with E-state index >= 15 is 0 Å². The van der Waals surface area contributed by atoms with Crippen molar-refractivity contribution < 1.29 is 9.90 Å². The van der Waals surface area contributed by atoms with E-state index in [0.717, 1.165) is 30.4 Å². The molecule has 2 amide bonds. The minimum Gasteiger partial charge on any atom is -0.396 e. The number of benzene rings is 1. The average Bonchev–Trinajstić information content (AvgIpc) is 3.25. The number of aliphatic hydroxyl groups excluding tert-OH is 1. The lowest BCUT2D eigenvalue weighted by Crippen LogP contribution is -2.48. The second-order valence-electron chi connectivity index (χ2n) is 6.62. The van der Waals surface area contributed by atoms with E-state index in [0.29, 0.717) is 12.4 Å². The third-order valence-corrected chi connectivity index (χ3v) is 4.82. The molecule has 7 heteroatoms. The normalized spacial score (nSPS) is 23.2. The molecule has 1 aromatic carbocycles. The van der Waals surface area contributed by atoms with Crippen molar-refractivity contribution in [1.29, 1.82) is 0 Å². The van der Waals surface area contributed by atoms with E-state index in [2.05, 4.69) is 25.8 Å². The Kier molecular flexibility index (Phi) is 4.80. The number of carbonyl (C=O) groups excluding carboxylic acids is 1. The highest BCUT2D eigenvalue weighted by Gasteiger charge is 2.39. The number of aromatic amines is 1. The molecule has 24 heavy (non-hydrogen) atoms. The van der Waals surface area contributed by atoms with Gasteiger partial charge in [-0.2, -0.15) is 5.10 Å². The fourth-order valence-electron chi connectivity index (χ4n) is 3.23. The maximum absolute atomic E-state index is 12.2. The zero-order chi connectivity index (χ0) is 17.0. The highest BCUT2D eigenvalue weighted by atomic mass is 16.3. The van der Waals surface area contributed by atoms with Gasteiger partial charge in [-0.1, -0.05) is 31.5 Å². The summed E-state index contributed by atoms with van der Waals surface area (Å²) < 4.78 is 0. The quantitative estimate of drug-likeness (QED) is 0.672. The average molecular weight is 329 g/mol. The van der Waals surface area contributed by atoms with E-state index < -0.39 is 0 Å². The maximum Gasteiger partial charge on any atom is 0.315 e. The van der Waals surface area contributed by atoms with Gasteiger partial charge in [-0.05, 0) is 24.5 Å². The molecule has 0 radical (unpaired) electrons. The SMILES string of the molecule is CC1(CO)CCCC1NC(=O)NCc1cccc(-c2ncn[nH]2)c1. The van der Waals surface area contributed by atoms with Crippen LogP contribution >= 0.6 is 0 Å². The first-order chi connectivity index (χ1) is 11.6. The Hall–Kier alpha value is -2.41. The molecule has 128 valence electrons. The maximum atomic E-state index is 12.2. The van der Waals surface area contributed by atoms with Gasteiger partial charge in [0.05, 0.1) is 6.61 Å². The lowest BCUT2D eigenvalue weighted by Gasteiger charge is -2.30. The van der Waals surface area contributed by atoms with E-state index in [1.165, 1.54) is 6.33 Å². The van der Waals surface area contributed by atoms with Gasteiger partial charge in [0.25, 0.3) is 0 Å². The molecule has 0 saturated heterocycles. The summed E-state index contributed by atoms with van der Waals surface area (Å²) in [7, 11) is 0. The molecule has 2 atom stereocenters. The lowest BCUT2D eigenvalue weighted by atomic mass is 9.86. The molecule has 3 rings (SSSR count). The minimum absolute atomic E-state index is 0.0167. The van der Waals surface area contributed by atoms with Gasteiger partial charge in [-0.3, -0.25) is 5.10 Å². The molecule has 0 aliphatic heterocycles. The summed E-state index contributed by atoms with van der Waals surface area (Å²) in [5, 5.41) is 22.1. The Morgan fingerprint density at radius 1 is 1.50 bits per heavy atom. The topological polar surface area (TPSA) is 103 Å². The van der Waals surface area contributed by atoms with E-state index in [9.17, 15) is 9.90 Å². The number of rotatable bonds is 5. The molecule has 1 heterocycles. The van der Waals surface area contributed by atoms with Crippen LogP contribution in [0.1, 0.15) is 31.7 Å². The molecular formula is C17H23N5O2. The van der Waals surface area contributed by atoms with Crippen molar-refractivity contribution in [2.75, 3.05) is 6.61 Å². The van der Waals surface area contributed by atoms with E-state index in [1.807, 2.05) is 31.2 Å². The first-order valence-electron chi connectivity index (χ1n) is 8.21. The van der Waals surface area contributed by atoms with Crippen molar-refractivity contribution in [1.82, 2.24) is 25.8 Å². The number of nitrogens with zero attached hydrogens (tertiary/aromatic N) is 2. The molecule has 1 fully saturated rings. The van der Waals surface area contributed by atoms with Crippen LogP contribution in [0.4, 0.5) is 4.79 Å². The van der Waals surface area contributed by atoms with Gasteiger partial charge in [-0.15, -0.1) is 0 Å². The number of nitrogens with one attached hydrogen (secondary N) is 3. The summed E-state index contributed by atoms with van der Waals surface area (Å²) in [6.07, 6.45) is 4.34. The van der Waals surface area contributed by atoms with Crippen LogP contribution < -0.4 is 10.6 Å². The van der Waals surface area contributed by atoms with Gasteiger partial charge in [-0.25, -0.2) is 9.78 Å². The molecule has 7 nitrogen and oxygen atoms in total. The van der Waals surface area contributed by atoms with Crippen molar-refractivity contribution in [2.45, 2.75) is 38.8 Å². The number of amides is 2. The van der Waals surface area contributed by atoms with Gasteiger partial charge < -0.3 is 15.7 Å². The van der Waals surface area contributed by atoms with Gasteiger partial charge in [0, 0.05) is 23.6 Å². The number of carbonyl (C=O) groups is 1. The summed E-state index contributed by atoms with van der Waals surface area (Å²) in [5.41, 5.74) is 1.69. The Morgan fingerprint density at radius 2 is 2.38 bits per heavy atom. The predicted octanol–water partition coefficient (Wildman–Crippen LogP) is 1.82. The third-order valence-electron chi connectivity index (χ3n) is 4.82. The van der Waals surface area contributed by atoms with Crippen LogP contribution in [0.2, 0.25) is 0 Å². The third kappa shape index (κ3) is 3.56. The van der Waals surface area contributed by atoms with Crippen LogP contribution in [-0.4, -0.2) is 39.0 Å². The molecule has 1 saturated carbocycles. The largest absolute Gasteiger partial charge is 0.396 e. The van der Waals surface area contributed by atoms with E-state index in [-0.39, 0.29) is 24.1 Å². The minimum atomic E-state index is -0.219. The molecule has 2 unspecified atom stereocenters. The predicted molar refractivity (Wildman–Crippen MR) is 90.0 cm³/mol. The molecule has 1 aliphatic carbocycles. The number of H-pyrrole nitrogens is 1. The number of hydrogen-bond donors (Lipinski definition) is 4. The van der Waals surface area contributed by atoms with E-state index in [4.69, 9.17) is 0 Å². The van der Waals surface area contributed by atoms with Gasteiger partial charge in [0.2, 0.25) is 0 Å². The molecule has 4 N–H and O–H groups in total. The zero-order valence-corrected chi connectivity index (χ0v) is 13.7. The zero-order valence-electron chi connectivity index (χ0n) is 13.7. The summed E-state index contributed by atoms with van der Waals surface area (Å²) in [5.74, 6) is 0.700. The van der Waals surface area contributed by atoms with Crippen LogP contribution in [0, 0.1) is 5.41 Å². The van der Waals surface area contributed by atoms with Crippen LogP contribution in [0.25, 0.3) is 11.4 Å². The Morgan fingerprint density at radius 3 is 3.12 bits per heavy atom. The molecule has 0 spiro atoms. The lowest BCUT2D eigenvalue weighted by molar-refractivity contribution is 0.121. The Bertz CT molecular complexity index is 688. The number of aliphatic hydroxyl groups is 1. The summed E-state index contributed by atoms with van der Waals surface area (Å²) in [6, 6.07) is 7.60. The van der Waals surface area contributed by atoms with Gasteiger partial charge in [0.15, 0.2) is 5.82 Å². The fourth-order valence-corrected chi connectivity index (χ4v) is 3.23. The summed E-state index contributed by atoms with van der Waals surface area (Å²) >= 11 is 0. The van der Waals surface area contributed by atoms with Crippen molar-refractivity contribution in [3.63, 3.8) is 0 Å². The first kappa shape index (κ1) is 16.4. The van der Waals surface area contributed by atoms with Gasteiger partial charge in [0.1, 0.15) is 6.33 Å². The molecule has 1 aliphatic rings.